The summed E-state index contributed by atoms with van der Waals surface area (Å²) in [6.07, 6.45) is 1.20. The van der Waals surface area contributed by atoms with Crippen LogP contribution in [0.4, 0.5) is 0 Å². The van der Waals surface area contributed by atoms with E-state index >= 15 is 0 Å². The lowest BCUT2D eigenvalue weighted by atomic mass is 9.81. The smallest absolute Gasteiger partial charge is 0.469 e. The van der Waals surface area contributed by atoms with Crippen LogP contribution in [0.1, 0.15) is 33.9 Å². The van der Waals surface area contributed by atoms with E-state index < -0.39 is 49.1 Å². The van der Waals surface area contributed by atoms with Gasteiger partial charge in [-0.1, -0.05) is 23.2 Å². The fourth-order valence-electron chi connectivity index (χ4n) is 3.32. The van der Waals surface area contributed by atoms with Crippen molar-refractivity contribution in [3.05, 3.63) is 68.5 Å². The van der Waals surface area contributed by atoms with Crippen LogP contribution in [0.15, 0.2) is 30.5 Å². The Hall–Kier alpha value is -2.43. The number of halogens is 3. The standard InChI is InChI=1S/C20H18Cl2NO9P.ClH/c1-8-20(28)18(9(6-23-8)7-32-33(29,30)31)19(10-2-12(21)16(26)4-14(10)24)11-3-13(22)17(27)5-15(11)25;/h2-6,19,24-28H,7H2,1H3,(H2,29,30,31);1H. The molecule has 0 unspecified atom stereocenters. The Morgan fingerprint density at radius 1 is 0.912 bits per heavy atom. The normalized spacial score (nSPS) is 11.5. The first-order valence-corrected chi connectivity index (χ1v) is 11.4. The third kappa shape index (κ3) is 5.79. The molecule has 184 valence electrons. The van der Waals surface area contributed by atoms with Crippen LogP contribution in [0.25, 0.3) is 0 Å². The molecule has 0 radical (unpaired) electrons. The zero-order chi connectivity index (χ0) is 24.7. The maximum Gasteiger partial charge on any atom is 0.469 e. The maximum atomic E-state index is 11.3. The molecule has 0 aliphatic heterocycles. The molecule has 1 aromatic heterocycles. The lowest BCUT2D eigenvalue weighted by Gasteiger charge is -2.25. The van der Waals surface area contributed by atoms with Crippen molar-refractivity contribution in [2.75, 3.05) is 0 Å². The monoisotopic (exact) mass is 553 g/mol. The molecule has 3 rings (SSSR count). The highest BCUT2D eigenvalue weighted by molar-refractivity contribution is 7.46. The van der Waals surface area contributed by atoms with E-state index in [1.807, 2.05) is 0 Å². The SMILES string of the molecule is Cc1ncc(COP(=O)(O)O)c(C(c2cc(Cl)c(O)cc2O)c2cc(Cl)c(O)cc2O)c1O.Cl. The van der Waals surface area contributed by atoms with E-state index in [1.54, 1.807) is 0 Å². The first-order chi connectivity index (χ1) is 15.3. The molecular weight excluding hydrogens is 536 g/mol. The van der Waals surface area contributed by atoms with Gasteiger partial charge in [0, 0.05) is 46.5 Å². The maximum absolute atomic E-state index is 11.3. The zero-order valence-corrected chi connectivity index (χ0v) is 20.4. The predicted octanol–water partition coefficient (Wildman–Crippen LogP) is 4.44. The minimum absolute atomic E-state index is 0. The van der Waals surface area contributed by atoms with Crippen molar-refractivity contribution in [2.24, 2.45) is 0 Å². The van der Waals surface area contributed by atoms with Gasteiger partial charge in [-0.25, -0.2) is 4.57 Å². The van der Waals surface area contributed by atoms with Crippen molar-refractivity contribution in [1.29, 1.82) is 0 Å². The topological polar surface area (TPSA) is 181 Å². The van der Waals surface area contributed by atoms with Crippen molar-refractivity contribution < 1.29 is 44.4 Å². The molecule has 0 amide bonds. The van der Waals surface area contributed by atoms with Gasteiger partial charge >= 0.3 is 7.82 Å². The van der Waals surface area contributed by atoms with Gasteiger partial charge in [-0.2, -0.15) is 0 Å². The number of aromatic hydroxyl groups is 5. The largest absolute Gasteiger partial charge is 0.507 e. The van der Waals surface area contributed by atoms with Crippen molar-refractivity contribution in [1.82, 2.24) is 4.98 Å². The van der Waals surface area contributed by atoms with Gasteiger partial charge in [0.05, 0.1) is 22.3 Å². The Morgan fingerprint density at radius 2 is 1.38 bits per heavy atom. The van der Waals surface area contributed by atoms with Crippen molar-refractivity contribution in [3.8, 4) is 28.7 Å². The second-order valence-electron chi connectivity index (χ2n) is 7.05. The van der Waals surface area contributed by atoms with Gasteiger partial charge in [0.2, 0.25) is 0 Å². The minimum atomic E-state index is -4.92. The fourth-order valence-corrected chi connectivity index (χ4v) is 3.97. The average molecular weight is 555 g/mol. The Bertz CT molecular complexity index is 1230. The zero-order valence-electron chi connectivity index (χ0n) is 17.2. The minimum Gasteiger partial charge on any atom is -0.507 e. The summed E-state index contributed by atoms with van der Waals surface area (Å²) in [6, 6.07) is 4.25. The number of rotatable bonds is 6. The second-order valence-corrected chi connectivity index (χ2v) is 9.11. The number of benzene rings is 2. The number of phosphoric acid groups is 1. The van der Waals surface area contributed by atoms with E-state index in [2.05, 4.69) is 9.51 Å². The van der Waals surface area contributed by atoms with E-state index in [0.29, 0.717) is 0 Å². The number of phenols is 4. The first-order valence-electron chi connectivity index (χ1n) is 9.10. The summed E-state index contributed by atoms with van der Waals surface area (Å²) in [5.74, 6) is -3.55. The van der Waals surface area contributed by atoms with E-state index in [0.717, 1.165) is 12.1 Å². The number of hydrogen-bond donors (Lipinski definition) is 7. The summed E-state index contributed by atoms with van der Waals surface area (Å²) in [7, 11) is -4.92. The molecule has 0 spiro atoms. The molecule has 0 atom stereocenters. The second kappa shape index (κ2) is 10.5. The van der Waals surface area contributed by atoms with Crippen LogP contribution in [0.3, 0.4) is 0 Å². The van der Waals surface area contributed by atoms with Crippen LogP contribution in [0.2, 0.25) is 10.0 Å². The van der Waals surface area contributed by atoms with Crippen molar-refractivity contribution in [3.63, 3.8) is 0 Å². The molecule has 7 N–H and O–H groups in total. The first kappa shape index (κ1) is 27.8. The number of pyridine rings is 1. The molecule has 0 saturated carbocycles. The Kier molecular flexibility index (Phi) is 8.55. The summed E-state index contributed by atoms with van der Waals surface area (Å²) in [5.41, 5.74) is 0.0220. The van der Waals surface area contributed by atoms with E-state index in [4.69, 9.17) is 33.0 Å². The van der Waals surface area contributed by atoms with Gasteiger partial charge in [0.15, 0.2) is 0 Å². The van der Waals surface area contributed by atoms with Crippen LogP contribution >= 0.6 is 43.4 Å². The van der Waals surface area contributed by atoms with Crippen molar-refractivity contribution in [2.45, 2.75) is 19.4 Å². The Balaban J connectivity index is 0.00000408. The lowest BCUT2D eigenvalue weighted by Crippen LogP contribution is -2.10. The Morgan fingerprint density at radius 3 is 1.82 bits per heavy atom. The number of aryl methyl sites for hydroxylation is 1. The van der Waals surface area contributed by atoms with Crippen LogP contribution in [0, 0.1) is 6.92 Å². The van der Waals surface area contributed by atoms with Gasteiger partial charge in [0.1, 0.15) is 28.7 Å². The van der Waals surface area contributed by atoms with Crippen molar-refractivity contribution >= 4 is 43.4 Å². The predicted molar refractivity (Wildman–Crippen MR) is 125 cm³/mol. The summed E-state index contributed by atoms with van der Waals surface area (Å²) >= 11 is 12.1. The highest BCUT2D eigenvalue weighted by Crippen LogP contribution is 2.49. The third-order valence-corrected chi connectivity index (χ3v) is 5.92. The number of hydrogen-bond acceptors (Lipinski definition) is 8. The molecule has 0 bridgehead atoms. The van der Waals surface area contributed by atoms with E-state index in [-0.39, 0.29) is 50.4 Å². The molecule has 3 aromatic rings. The molecule has 0 fully saturated rings. The molecule has 2 aromatic carbocycles. The van der Waals surface area contributed by atoms with Crippen LogP contribution in [-0.2, 0) is 15.7 Å². The van der Waals surface area contributed by atoms with Gasteiger partial charge in [-0.05, 0) is 19.1 Å². The van der Waals surface area contributed by atoms with Gasteiger partial charge < -0.3 is 35.3 Å². The van der Waals surface area contributed by atoms with Gasteiger partial charge in [0.25, 0.3) is 0 Å². The van der Waals surface area contributed by atoms with Crippen LogP contribution in [-0.4, -0.2) is 40.3 Å². The molecule has 34 heavy (non-hydrogen) atoms. The fraction of sp³-hybridized carbons (Fsp3) is 0.150. The van der Waals surface area contributed by atoms with E-state index in [1.165, 1.54) is 25.3 Å². The molecule has 0 saturated heterocycles. The summed E-state index contributed by atoms with van der Waals surface area (Å²) in [5, 5.41) is 51.4. The van der Waals surface area contributed by atoms with Gasteiger partial charge in [-0.15, -0.1) is 12.4 Å². The number of nitrogens with zero attached hydrogens (tertiary/aromatic N) is 1. The molecule has 14 heteroatoms. The highest BCUT2D eigenvalue weighted by atomic mass is 35.5. The number of phenolic OH excluding ortho intramolecular Hbond substituents is 4. The highest BCUT2D eigenvalue weighted by Gasteiger charge is 2.31. The Labute approximate surface area is 209 Å². The molecular formula is C20H19Cl3NO9P. The summed E-state index contributed by atoms with van der Waals surface area (Å²) in [6.45, 7) is 0.757. The van der Waals surface area contributed by atoms with Gasteiger partial charge in [-0.3, -0.25) is 9.51 Å². The molecule has 0 aliphatic carbocycles. The molecule has 0 aliphatic rings. The number of aromatic nitrogens is 1. The molecule has 1 heterocycles. The van der Waals surface area contributed by atoms with Crippen LogP contribution in [0.5, 0.6) is 28.7 Å². The third-order valence-electron chi connectivity index (χ3n) is 4.85. The summed E-state index contributed by atoms with van der Waals surface area (Å²) < 4.78 is 15.8. The van der Waals surface area contributed by atoms with E-state index in [9.17, 15) is 30.1 Å². The quantitative estimate of drug-likeness (QED) is 0.215. The van der Waals surface area contributed by atoms with Crippen LogP contribution < -0.4 is 0 Å². The summed E-state index contributed by atoms with van der Waals surface area (Å²) in [4.78, 5) is 22.2. The molecule has 10 nitrogen and oxygen atoms in total. The lowest BCUT2D eigenvalue weighted by molar-refractivity contribution is 0.188. The number of phosphoric ester groups is 1. The average Bonchev–Trinajstić information content (AvgIpc) is 2.71.